The third-order valence-electron chi connectivity index (χ3n) is 3.52. The SMILES string of the molecule is Cc1ccc(NC(=O)NCc2cccc3c2OCCO3)cc1Cl. The van der Waals surface area contributed by atoms with Crippen LogP contribution in [0.25, 0.3) is 0 Å². The zero-order valence-electron chi connectivity index (χ0n) is 12.7. The number of nitrogens with one attached hydrogen (secondary N) is 2. The molecular weight excluding hydrogens is 316 g/mol. The molecule has 1 aliphatic heterocycles. The van der Waals surface area contributed by atoms with Crippen molar-refractivity contribution >= 4 is 23.3 Å². The summed E-state index contributed by atoms with van der Waals surface area (Å²) in [6.45, 7) is 3.31. The topological polar surface area (TPSA) is 59.6 Å². The quantitative estimate of drug-likeness (QED) is 0.900. The average Bonchev–Trinajstić information content (AvgIpc) is 2.56. The molecule has 0 saturated heterocycles. The third kappa shape index (κ3) is 3.68. The summed E-state index contributed by atoms with van der Waals surface area (Å²) in [6, 6.07) is 10.7. The first-order valence-electron chi connectivity index (χ1n) is 7.32. The van der Waals surface area contributed by atoms with E-state index in [0.29, 0.717) is 42.0 Å². The molecule has 0 bridgehead atoms. The third-order valence-corrected chi connectivity index (χ3v) is 3.92. The number of urea groups is 1. The minimum absolute atomic E-state index is 0.306. The van der Waals surface area contributed by atoms with Crippen molar-refractivity contribution in [1.29, 1.82) is 0 Å². The van der Waals surface area contributed by atoms with Gasteiger partial charge in [0.15, 0.2) is 11.5 Å². The number of aryl methyl sites for hydroxylation is 1. The van der Waals surface area contributed by atoms with E-state index in [1.54, 1.807) is 6.07 Å². The molecule has 23 heavy (non-hydrogen) atoms. The lowest BCUT2D eigenvalue weighted by Crippen LogP contribution is -2.28. The van der Waals surface area contributed by atoms with Crippen LogP contribution in [-0.2, 0) is 6.54 Å². The highest BCUT2D eigenvalue weighted by Gasteiger charge is 2.15. The maximum atomic E-state index is 12.0. The number of anilines is 1. The predicted molar refractivity (Wildman–Crippen MR) is 89.5 cm³/mol. The highest BCUT2D eigenvalue weighted by molar-refractivity contribution is 6.31. The second-order valence-corrected chi connectivity index (χ2v) is 5.62. The van der Waals surface area contributed by atoms with Crippen molar-refractivity contribution < 1.29 is 14.3 Å². The van der Waals surface area contributed by atoms with E-state index in [2.05, 4.69) is 10.6 Å². The molecule has 3 rings (SSSR count). The molecule has 2 amide bonds. The van der Waals surface area contributed by atoms with E-state index in [9.17, 15) is 4.79 Å². The highest BCUT2D eigenvalue weighted by Crippen LogP contribution is 2.33. The zero-order chi connectivity index (χ0) is 16.2. The Morgan fingerprint density at radius 2 is 2.04 bits per heavy atom. The van der Waals surface area contributed by atoms with Crippen LogP contribution in [0.2, 0.25) is 5.02 Å². The van der Waals surface area contributed by atoms with E-state index >= 15 is 0 Å². The molecule has 0 radical (unpaired) electrons. The summed E-state index contributed by atoms with van der Waals surface area (Å²) in [5, 5.41) is 6.17. The van der Waals surface area contributed by atoms with Crippen LogP contribution in [0, 0.1) is 6.92 Å². The maximum absolute atomic E-state index is 12.0. The molecule has 2 N–H and O–H groups in total. The van der Waals surface area contributed by atoms with Crippen LogP contribution in [0.15, 0.2) is 36.4 Å². The van der Waals surface area contributed by atoms with Gasteiger partial charge in [0.1, 0.15) is 13.2 Å². The number of rotatable bonds is 3. The summed E-state index contributed by atoms with van der Waals surface area (Å²) in [5.41, 5.74) is 2.48. The molecule has 0 saturated carbocycles. The number of carbonyl (C=O) groups excluding carboxylic acids is 1. The summed E-state index contributed by atoms with van der Waals surface area (Å²) < 4.78 is 11.1. The summed E-state index contributed by atoms with van der Waals surface area (Å²) >= 11 is 6.05. The smallest absolute Gasteiger partial charge is 0.319 e. The molecule has 0 unspecified atom stereocenters. The van der Waals surface area contributed by atoms with Gasteiger partial charge in [-0.15, -0.1) is 0 Å². The molecule has 120 valence electrons. The summed E-state index contributed by atoms with van der Waals surface area (Å²) in [4.78, 5) is 12.0. The second-order valence-electron chi connectivity index (χ2n) is 5.21. The van der Waals surface area contributed by atoms with Crippen LogP contribution in [0.1, 0.15) is 11.1 Å². The normalized spacial score (nSPS) is 12.6. The van der Waals surface area contributed by atoms with Crippen molar-refractivity contribution in [2.75, 3.05) is 18.5 Å². The fourth-order valence-electron chi connectivity index (χ4n) is 2.29. The van der Waals surface area contributed by atoms with Crippen LogP contribution < -0.4 is 20.1 Å². The van der Waals surface area contributed by atoms with Gasteiger partial charge in [0.05, 0.1) is 0 Å². The number of benzene rings is 2. The van der Waals surface area contributed by atoms with Gasteiger partial charge in [-0.2, -0.15) is 0 Å². The molecule has 0 aliphatic carbocycles. The standard InChI is InChI=1S/C17H17ClN2O3/c1-11-5-6-13(9-14(11)18)20-17(21)19-10-12-3-2-4-15-16(12)23-8-7-22-15/h2-6,9H,7-8,10H2,1H3,(H2,19,20,21). The molecule has 1 heterocycles. The number of halogens is 1. The Bertz CT molecular complexity index is 734. The van der Waals surface area contributed by atoms with E-state index < -0.39 is 0 Å². The van der Waals surface area contributed by atoms with E-state index in [0.717, 1.165) is 11.1 Å². The Balaban J connectivity index is 1.62. The van der Waals surface area contributed by atoms with Crippen molar-refractivity contribution in [2.24, 2.45) is 0 Å². The Labute approximate surface area is 139 Å². The van der Waals surface area contributed by atoms with E-state index in [4.69, 9.17) is 21.1 Å². The maximum Gasteiger partial charge on any atom is 0.319 e. The van der Waals surface area contributed by atoms with Crippen molar-refractivity contribution in [1.82, 2.24) is 5.32 Å². The van der Waals surface area contributed by atoms with E-state index in [-0.39, 0.29) is 6.03 Å². The number of hydrogen-bond donors (Lipinski definition) is 2. The Morgan fingerprint density at radius 3 is 2.87 bits per heavy atom. The first kappa shape index (κ1) is 15.5. The Kier molecular flexibility index (Phi) is 4.57. The van der Waals surface area contributed by atoms with Crippen molar-refractivity contribution in [3.63, 3.8) is 0 Å². The van der Waals surface area contributed by atoms with Gasteiger partial charge in [0.2, 0.25) is 0 Å². The Morgan fingerprint density at radius 1 is 1.22 bits per heavy atom. The predicted octanol–water partition coefficient (Wildman–Crippen LogP) is 3.74. The van der Waals surface area contributed by atoms with Crippen molar-refractivity contribution in [3.05, 3.63) is 52.5 Å². The molecule has 0 atom stereocenters. The van der Waals surface area contributed by atoms with Gasteiger partial charge in [-0.05, 0) is 30.7 Å². The molecule has 2 aromatic carbocycles. The number of fused-ring (bicyclic) bond motifs is 1. The number of carbonyl (C=O) groups is 1. The number of ether oxygens (including phenoxy) is 2. The molecule has 0 spiro atoms. The van der Waals surface area contributed by atoms with Crippen molar-refractivity contribution in [3.8, 4) is 11.5 Å². The molecule has 0 fully saturated rings. The fraction of sp³-hybridized carbons (Fsp3) is 0.235. The summed E-state index contributed by atoms with van der Waals surface area (Å²) in [7, 11) is 0. The molecule has 2 aromatic rings. The van der Waals surface area contributed by atoms with Crippen LogP contribution >= 0.6 is 11.6 Å². The van der Waals surface area contributed by atoms with Gasteiger partial charge >= 0.3 is 6.03 Å². The second kappa shape index (κ2) is 6.79. The zero-order valence-corrected chi connectivity index (χ0v) is 13.4. The number of para-hydroxylation sites is 1. The van der Waals surface area contributed by atoms with Gasteiger partial charge < -0.3 is 20.1 Å². The van der Waals surface area contributed by atoms with Gasteiger partial charge in [0, 0.05) is 22.8 Å². The number of amides is 2. The van der Waals surface area contributed by atoms with E-state index in [1.807, 2.05) is 37.3 Å². The largest absolute Gasteiger partial charge is 0.486 e. The Hall–Kier alpha value is -2.40. The van der Waals surface area contributed by atoms with Crippen LogP contribution in [-0.4, -0.2) is 19.2 Å². The highest BCUT2D eigenvalue weighted by atomic mass is 35.5. The lowest BCUT2D eigenvalue weighted by Gasteiger charge is -2.21. The van der Waals surface area contributed by atoms with Gasteiger partial charge in [0.25, 0.3) is 0 Å². The first-order valence-corrected chi connectivity index (χ1v) is 7.70. The van der Waals surface area contributed by atoms with E-state index in [1.165, 1.54) is 0 Å². The monoisotopic (exact) mass is 332 g/mol. The fourth-order valence-corrected chi connectivity index (χ4v) is 2.48. The van der Waals surface area contributed by atoms with Gasteiger partial charge in [-0.3, -0.25) is 0 Å². The minimum Gasteiger partial charge on any atom is -0.486 e. The van der Waals surface area contributed by atoms with Gasteiger partial charge in [-0.25, -0.2) is 4.79 Å². The molecule has 0 aromatic heterocycles. The molecule has 6 heteroatoms. The number of hydrogen-bond acceptors (Lipinski definition) is 3. The first-order chi connectivity index (χ1) is 11.1. The summed E-state index contributed by atoms with van der Waals surface area (Å²) in [6.07, 6.45) is 0. The lowest BCUT2D eigenvalue weighted by atomic mass is 10.1. The molecule has 1 aliphatic rings. The van der Waals surface area contributed by atoms with Gasteiger partial charge in [-0.1, -0.05) is 29.8 Å². The van der Waals surface area contributed by atoms with Crippen LogP contribution in [0.4, 0.5) is 10.5 Å². The molecule has 5 nitrogen and oxygen atoms in total. The lowest BCUT2D eigenvalue weighted by molar-refractivity contribution is 0.169. The molecular formula is C17H17ClN2O3. The van der Waals surface area contributed by atoms with Crippen LogP contribution in [0.5, 0.6) is 11.5 Å². The average molecular weight is 333 g/mol. The van der Waals surface area contributed by atoms with Crippen molar-refractivity contribution in [2.45, 2.75) is 13.5 Å². The minimum atomic E-state index is -0.306. The summed E-state index contributed by atoms with van der Waals surface area (Å²) in [5.74, 6) is 1.40. The van der Waals surface area contributed by atoms with Crippen LogP contribution in [0.3, 0.4) is 0 Å².